The zero-order valence-corrected chi connectivity index (χ0v) is 15.3. The molecular weight excluding hydrogens is 336 g/mol. The van der Waals surface area contributed by atoms with Crippen molar-refractivity contribution in [3.8, 4) is 11.5 Å². The smallest absolute Gasteiger partial charge is 0.258 e. The third-order valence-electron chi connectivity index (χ3n) is 4.65. The molecule has 1 fully saturated rings. The van der Waals surface area contributed by atoms with Crippen molar-refractivity contribution in [3.05, 3.63) is 28.3 Å². The molecule has 8 nitrogen and oxygen atoms in total. The van der Waals surface area contributed by atoms with Gasteiger partial charge in [0.15, 0.2) is 11.5 Å². The molecule has 1 amide bonds. The molecule has 0 radical (unpaired) electrons. The van der Waals surface area contributed by atoms with Crippen molar-refractivity contribution < 1.29 is 14.3 Å². The minimum atomic E-state index is -0.270. The van der Waals surface area contributed by atoms with E-state index in [4.69, 9.17) is 9.47 Å². The summed E-state index contributed by atoms with van der Waals surface area (Å²) in [5.41, 5.74) is 0.234. The largest absolute Gasteiger partial charge is 0.493 e. The Hall–Kier alpha value is -2.61. The maximum Gasteiger partial charge on any atom is 0.258 e. The van der Waals surface area contributed by atoms with Crippen LogP contribution < -0.4 is 20.3 Å². The summed E-state index contributed by atoms with van der Waals surface area (Å²) < 4.78 is 10.5. The molecule has 1 unspecified atom stereocenters. The quantitative estimate of drug-likeness (QED) is 0.799. The summed E-state index contributed by atoms with van der Waals surface area (Å²) in [6, 6.07) is 3.13. The van der Waals surface area contributed by atoms with Gasteiger partial charge in [0.1, 0.15) is 5.82 Å². The van der Waals surface area contributed by atoms with Crippen molar-refractivity contribution >= 4 is 16.8 Å². The van der Waals surface area contributed by atoms with Gasteiger partial charge in [-0.1, -0.05) is 0 Å². The van der Waals surface area contributed by atoms with Gasteiger partial charge in [-0.15, -0.1) is 0 Å². The molecule has 1 atom stereocenters. The van der Waals surface area contributed by atoms with E-state index in [1.807, 2.05) is 6.92 Å². The zero-order chi connectivity index (χ0) is 18.7. The third-order valence-corrected chi connectivity index (χ3v) is 4.65. The lowest BCUT2D eigenvalue weighted by molar-refractivity contribution is -0.133. The normalized spacial score (nSPS) is 16.7. The summed E-state index contributed by atoms with van der Waals surface area (Å²) in [6.45, 7) is 3.58. The van der Waals surface area contributed by atoms with Crippen LogP contribution in [0.4, 0.5) is 0 Å². The van der Waals surface area contributed by atoms with Crippen molar-refractivity contribution in [1.29, 1.82) is 0 Å². The van der Waals surface area contributed by atoms with Crippen molar-refractivity contribution in [3.63, 3.8) is 0 Å². The number of nitrogens with one attached hydrogen (secondary N) is 2. The maximum atomic E-state index is 12.6. The zero-order valence-electron chi connectivity index (χ0n) is 15.3. The number of nitrogens with zero attached hydrogens (tertiary/aromatic N) is 2. The van der Waals surface area contributed by atoms with E-state index in [-0.39, 0.29) is 24.1 Å². The van der Waals surface area contributed by atoms with Crippen LogP contribution in [0.25, 0.3) is 10.9 Å². The number of likely N-dealkylation sites (N-methyl/N-ethyl adjacent to an activating group) is 1. The van der Waals surface area contributed by atoms with Gasteiger partial charge in [-0.05, 0) is 32.4 Å². The van der Waals surface area contributed by atoms with Gasteiger partial charge in [-0.25, -0.2) is 4.98 Å². The number of rotatable bonds is 6. The number of methoxy groups -OCH3 is 2. The standard InChI is InChI=1S/C18H24N4O4/c1-4-22(18(24)12-6-5-7-19-12)10-16-20-13-9-15(26-3)14(25-2)8-11(13)17(23)21-16/h8-9,12,19H,4-7,10H2,1-3H3,(H,20,21,23). The van der Waals surface area contributed by atoms with Gasteiger partial charge in [-0.3, -0.25) is 9.59 Å². The van der Waals surface area contributed by atoms with Crippen LogP contribution in [0.15, 0.2) is 16.9 Å². The second-order valence-electron chi connectivity index (χ2n) is 6.24. The van der Waals surface area contributed by atoms with Crippen LogP contribution in [0, 0.1) is 0 Å². The number of benzene rings is 1. The van der Waals surface area contributed by atoms with Gasteiger partial charge in [0, 0.05) is 12.6 Å². The first-order chi connectivity index (χ1) is 12.6. The van der Waals surface area contributed by atoms with Gasteiger partial charge < -0.3 is 24.7 Å². The second kappa shape index (κ2) is 7.74. The van der Waals surface area contributed by atoms with Crippen LogP contribution in [0.2, 0.25) is 0 Å². The molecular formula is C18H24N4O4. The van der Waals surface area contributed by atoms with Crippen molar-refractivity contribution in [2.45, 2.75) is 32.4 Å². The van der Waals surface area contributed by atoms with Gasteiger partial charge in [0.25, 0.3) is 5.56 Å². The van der Waals surface area contributed by atoms with Crippen molar-refractivity contribution in [2.75, 3.05) is 27.3 Å². The SMILES string of the molecule is CCN(Cc1nc2cc(OC)c(OC)cc2c(=O)[nH]1)C(=O)C1CCCN1. The van der Waals surface area contributed by atoms with Crippen molar-refractivity contribution in [2.24, 2.45) is 0 Å². The summed E-state index contributed by atoms with van der Waals surface area (Å²) in [5, 5.41) is 3.63. The number of carbonyl (C=O) groups is 1. The molecule has 1 aliphatic heterocycles. The van der Waals surface area contributed by atoms with Gasteiger partial charge >= 0.3 is 0 Å². The Morgan fingerprint density at radius 3 is 2.65 bits per heavy atom. The monoisotopic (exact) mass is 360 g/mol. The molecule has 3 rings (SSSR count). The van der Waals surface area contributed by atoms with Gasteiger partial charge in [0.2, 0.25) is 5.91 Å². The molecule has 0 saturated carbocycles. The lowest BCUT2D eigenvalue weighted by Gasteiger charge is -2.23. The highest BCUT2D eigenvalue weighted by atomic mass is 16.5. The molecule has 2 N–H and O–H groups in total. The van der Waals surface area contributed by atoms with E-state index >= 15 is 0 Å². The Kier molecular flexibility index (Phi) is 5.41. The fourth-order valence-corrected chi connectivity index (χ4v) is 3.23. The van der Waals surface area contributed by atoms with Crippen molar-refractivity contribution in [1.82, 2.24) is 20.2 Å². The van der Waals surface area contributed by atoms with E-state index in [1.165, 1.54) is 14.2 Å². The topological polar surface area (TPSA) is 96.6 Å². The van der Waals surface area contributed by atoms with Gasteiger partial charge in [-0.2, -0.15) is 0 Å². The summed E-state index contributed by atoms with van der Waals surface area (Å²) in [4.78, 5) is 34.1. The predicted molar refractivity (Wildman–Crippen MR) is 97.6 cm³/mol. The summed E-state index contributed by atoms with van der Waals surface area (Å²) in [5.74, 6) is 1.46. The molecule has 0 bridgehead atoms. The van der Waals surface area contributed by atoms with Crippen LogP contribution in [0.3, 0.4) is 0 Å². The Labute approximate surface area is 151 Å². The number of fused-ring (bicyclic) bond motifs is 1. The van der Waals surface area contributed by atoms with Crippen LogP contribution in [-0.2, 0) is 11.3 Å². The summed E-state index contributed by atoms with van der Waals surface area (Å²) >= 11 is 0. The molecule has 2 heterocycles. The van der Waals surface area contributed by atoms with Crippen LogP contribution in [0.5, 0.6) is 11.5 Å². The average molecular weight is 360 g/mol. The number of carbonyl (C=O) groups excluding carboxylic acids is 1. The Bertz CT molecular complexity index is 858. The highest BCUT2D eigenvalue weighted by Crippen LogP contribution is 2.29. The van der Waals surface area contributed by atoms with Crippen LogP contribution in [0.1, 0.15) is 25.6 Å². The highest BCUT2D eigenvalue weighted by Gasteiger charge is 2.26. The first-order valence-electron chi connectivity index (χ1n) is 8.74. The van der Waals surface area contributed by atoms with E-state index < -0.39 is 0 Å². The number of amides is 1. The molecule has 140 valence electrons. The second-order valence-corrected chi connectivity index (χ2v) is 6.24. The molecule has 1 aromatic carbocycles. The minimum absolute atomic E-state index is 0.0417. The molecule has 1 aromatic heterocycles. The summed E-state index contributed by atoms with van der Waals surface area (Å²) in [7, 11) is 3.05. The minimum Gasteiger partial charge on any atom is -0.493 e. The Balaban J connectivity index is 1.92. The van der Waals surface area contributed by atoms with E-state index in [0.29, 0.717) is 34.8 Å². The van der Waals surface area contributed by atoms with Crippen LogP contribution in [-0.4, -0.2) is 54.1 Å². The Morgan fingerprint density at radius 2 is 2.04 bits per heavy atom. The lowest BCUT2D eigenvalue weighted by Crippen LogP contribution is -2.43. The molecule has 1 saturated heterocycles. The van der Waals surface area contributed by atoms with Crippen LogP contribution >= 0.6 is 0 Å². The third kappa shape index (κ3) is 3.50. The average Bonchev–Trinajstić information content (AvgIpc) is 3.19. The number of hydrogen-bond donors (Lipinski definition) is 2. The van der Waals surface area contributed by atoms with E-state index in [0.717, 1.165) is 19.4 Å². The molecule has 1 aliphatic rings. The van der Waals surface area contributed by atoms with E-state index in [9.17, 15) is 9.59 Å². The predicted octanol–water partition coefficient (Wildman–Crippen LogP) is 1.04. The molecule has 8 heteroatoms. The van der Waals surface area contributed by atoms with E-state index in [2.05, 4.69) is 15.3 Å². The highest BCUT2D eigenvalue weighted by molar-refractivity contribution is 5.83. The fraction of sp³-hybridized carbons (Fsp3) is 0.500. The van der Waals surface area contributed by atoms with E-state index in [1.54, 1.807) is 17.0 Å². The summed E-state index contributed by atoms with van der Waals surface area (Å²) in [6.07, 6.45) is 1.84. The number of aromatic nitrogens is 2. The first kappa shape index (κ1) is 18.2. The maximum absolute atomic E-state index is 12.6. The number of ether oxygens (including phenoxy) is 2. The number of aromatic amines is 1. The van der Waals surface area contributed by atoms with Gasteiger partial charge in [0.05, 0.1) is 37.7 Å². The molecule has 0 aliphatic carbocycles. The molecule has 0 spiro atoms. The fourth-order valence-electron chi connectivity index (χ4n) is 3.23. The molecule has 26 heavy (non-hydrogen) atoms. The number of H-pyrrole nitrogens is 1. The lowest BCUT2D eigenvalue weighted by atomic mass is 10.2. The first-order valence-corrected chi connectivity index (χ1v) is 8.74. The Morgan fingerprint density at radius 1 is 1.31 bits per heavy atom. The number of hydrogen-bond acceptors (Lipinski definition) is 6. The molecule has 2 aromatic rings.